The lowest BCUT2D eigenvalue weighted by Gasteiger charge is -2.19. The van der Waals surface area contributed by atoms with Gasteiger partial charge in [0.1, 0.15) is 10.7 Å². The second-order valence-electron chi connectivity index (χ2n) is 6.67. The molecule has 4 rings (SSSR count). The van der Waals surface area contributed by atoms with Gasteiger partial charge in [-0.3, -0.25) is 4.98 Å². The first-order chi connectivity index (χ1) is 14.5. The van der Waals surface area contributed by atoms with Crippen LogP contribution in [-0.2, 0) is 16.4 Å². The summed E-state index contributed by atoms with van der Waals surface area (Å²) in [6.07, 6.45) is 6.80. The molecule has 0 fully saturated rings. The Balaban J connectivity index is 1.62. The van der Waals surface area contributed by atoms with Gasteiger partial charge in [-0.2, -0.15) is 5.10 Å². The second kappa shape index (κ2) is 8.44. The molecule has 1 unspecified atom stereocenters. The largest absolute Gasteiger partial charge is 0.384 e. The highest BCUT2D eigenvalue weighted by molar-refractivity contribution is 7.89. The summed E-state index contributed by atoms with van der Waals surface area (Å²) in [6.45, 7) is 0. The molecule has 3 N–H and O–H groups in total. The molecule has 0 saturated heterocycles. The average Bonchev–Trinajstić information content (AvgIpc) is 3.29. The predicted octanol–water partition coefficient (Wildman–Crippen LogP) is 2.51. The number of sulfonamides is 1. The molecule has 4 aromatic rings. The fraction of sp³-hybridized carbons (Fsp3) is 0.0952. The highest BCUT2D eigenvalue weighted by atomic mass is 32.2. The quantitative estimate of drug-likeness (QED) is 0.475. The van der Waals surface area contributed by atoms with Crippen molar-refractivity contribution in [1.29, 1.82) is 0 Å². The normalized spacial score (nSPS) is 12.5. The fourth-order valence-corrected chi connectivity index (χ4v) is 4.25. The van der Waals surface area contributed by atoms with E-state index in [4.69, 9.17) is 5.73 Å². The first kappa shape index (κ1) is 19.7. The van der Waals surface area contributed by atoms with Gasteiger partial charge in [0.15, 0.2) is 0 Å². The third-order valence-electron chi connectivity index (χ3n) is 4.54. The van der Waals surface area contributed by atoms with Crippen molar-refractivity contribution in [3.05, 3.63) is 96.7 Å². The van der Waals surface area contributed by atoms with Gasteiger partial charge in [0.05, 0.1) is 17.4 Å². The van der Waals surface area contributed by atoms with Crippen molar-refractivity contribution in [3.63, 3.8) is 0 Å². The molecular weight excluding hydrogens is 400 g/mol. The number of hydrogen-bond acceptors (Lipinski definition) is 6. The van der Waals surface area contributed by atoms with Gasteiger partial charge < -0.3 is 5.73 Å². The number of nitrogens with two attached hydrogens (primary N) is 1. The summed E-state index contributed by atoms with van der Waals surface area (Å²) in [5.74, 6) is 0.326. The van der Waals surface area contributed by atoms with Crippen LogP contribution in [0.25, 0.3) is 5.69 Å². The lowest BCUT2D eigenvalue weighted by molar-refractivity contribution is 0.549. The third-order valence-corrected chi connectivity index (χ3v) is 5.99. The van der Waals surface area contributed by atoms with Crippen LogP contribution in [-0.4, -0.2) is 28.2 Å². The van der Waals surface area contributed by atoms with E-state index in [0.29, 0.717) is 17.9 Å². The summed E-state index contributed by atoms with van der Waals surface area (Å²) in [5.41, 5.74) is 8.23. The predicted molar refractivity (Wildman–Crippen MR) is 113 cm³/mol. The summed E-state index contributed by atoms with van der Waals surface area (Å²) < 4.78 is 30.3. The van der Waals surface area contributed by atoms with Gasteiger partial charge in [0.25, 0.3) is 0 Å². The van der Waals surface area contributed by atoms with Crippen molar-refractivity contribution in [2.24, 2.45) is 0 Å². The number of nitrogen functional groups attached to an aromatic ring is 1. The molecule has 0 aliphatic heterocycles. The Morgan fingerprint density at radius 3 is 2.50 bits per heavy atom. The van der Waals surface area contributed by atoms with Crippen LogP contribution in [0.2, 0.25) is 0 Å². The van der Waals surface area contributed by atoms with Crippen molar-refractivity contribution in [2.75, 3.05) is 5.73 Å². The van der Waals surface area contributed by atoms with Gasteiger partial charge in [-0.15, -0.1) is 0 Å². The zero-order chi connectivity index (χ0) is 21.0. The maximum atomic E-state index is 12.9. The monoisotopic (exact) mass is 420 g/mol. The Morgan fingerprint density at radius 1 is 1.00 bits per heavy atom. The van der Waals surface area contributed by atoms with Crippen LogP contribution in [0.5, 0.6) is 0 Å². The van der Waals surface area contributed by atoms with Crippen molar-refractivity contribution in [1.82, 2.24) is 24.5 Å². The van der Waals surface area contributed by atoms with E-state index in [2.05, 4.69) is 19.8 Å². The first-order valence-corrected chi connectivity index (χ1v) is 10.7. The van der Waals surface area contributed by atoms with Gasteiger partial charge in [-0.25, -0.2) is 22.8 Å². The van der Waals surface area contributed by atoms with Crippen LogP contribution in [0.3, 0.4) is 0 Å². The van der Waals surface area contributed by atoms with E-state index in [1.165, 1.54) is 18.5 Å². The number of aromatic nitrogens is 4. The minimum Gasteiger partial charge on any atom is -0.384 e. The van der Waals surface area contributed by atoms with E-state index in [1.807, 2.05) is 36.5 Å². The van der Waals surface area contributed by atoms with Crippen LogP contribution in [0.1, 0.15) is 17.3 Å². The molecule has 0 radical (unpaired) electrons. The highest BCUT2D eigenvalue weighted by Gasteiger charge is 2.23. The van der Waals surface area contributed by atoms with Crippen molar-refractivity contribution in [3.8, 4) is 5.69 Å². The van der Waals surface area contributed by atoms with Crippen LogP contribution in [0.4, 0.5) is 5.82 Å². The summed E-state index contributed by atoms with van der Waals surface area (Å²) in [7, 11) is -3.79. The zero-order valence-electron chi connectivity index (χ0n) is 16.0. The molecule has 0 spiro atoms. The number of rotatable bonds is 7. The topological polar surface area (TPSA) is 116 Å². The third kappa shape index (κ3) is 4.53. The van der Waals surface area contributed by atoms with Crippen LogP contribution in [0.15, 0.2) is 90.3 Å². The van der Waals surface area contributed by atoms with Gasteiger partial charge in [-0.1, -0.05) is 18.2 Å². The molecule has 0 amide bonds. The molecule has 152 valence electrons. The zero-order valence-corrected chi connectivity index (χ0v) is 16.8. The summed E-state index contributed by atoms with van der Waals surface area (Å²) in [5, 5.41) is 4.21. The molecular formula is C21H20N6O2S. The Morgan fingerprint density at radius 2 is 1.83 bits per heavy atom. The number of pyridine rings is 2. The maximum absolute atomic E-state index is 12.9. The summed E-state index contributed by atoms with van der Waals surface area (Å²) in [6, 6.07) is 17.2. The Labute approximate surface area is 174 Å². The fourth-order valence-electron chi connectivity index (χ4n) is 3.07. The Kier molecular flexibility index (Phi) is 5.55. The lowest BCUT2D eigenvalue weighted by atomic mass is 10.0. The highest BCUT2D eigenvalue weighted by Crippen LogP contribution is 2.22. The molecule has 3 heterocycles. The van der Waals surface area contributed by atoms with Crippen molar-refractivity contribution in [2.45, 2.75) is 17.4 Å². The first-order valence-electron chi connectivity index (χ1n) is 9.25. The van der Waals surface area contributed by atoms with E-state index in [1.54, 1.807) is 35.1 Å². The minimum atomic E-state index is -3.79. The SMILES string of the molecule is Nc1cccc(C(Cc2ccc(-n3cccn3)cc2)NS(=O)(=O)c2cccnc2)n1. The molecule has 0 saturated carbocycles. The van der Waals surface area contributed by atoms with E-state index in [-0.39, 0.29) is 4.90 Å². The van der Waals surface area contributed by atoms with Gasteiger partial charge >= 0.3 is 0 Å². The number of anilines is 1. The number of hydrogen-bond donors (Lipinski definition) is 2. The van der Waals surface area contributed by atoms with E-state index in [0.717, 1.165) is 11.3 Å². The van der Waals surface area contributed by atoms with Gasteiger partial charge in [0.2, 0.25) is 10.0 Å². The summed E-state index contributed by atoms with van der Waals surface area (Å²) >= 11 is 0. The van der Waals surface area contributed by atoms with Crippen molar-refractivity contribution >= 4 is 15.8 Å². The Bertz CT molecular complexity index is 1210. The molecule has 9 heteroatoms. The molecule has 0 bridgehead atoms. The number of nitrogens with one attached hydrogen (secondary N) is 1. The molecule has 0 aliphatic carbocycles. The standard InChI is InChI=1S/C21H20N6O2S/c22-21-6-1-5-19(25-21)20(26-30(28,29)18-4-2-11-23-15-18)14-16-7-9-17(10-8-16)27-13-3-12-24-27/h1-13,15,20,26H,14H2,(H2,22,25). The molecule has 0 aliphatic rings. The minimum absolute atomic E-state index is 0.0907. The molecule has 1 aromatic carbocycles. The number of benzene rings is 1. The lowest BCUT2D eigenvalue weighted by Crippen LogP contribution is -2.31. The van der Waals surface area contributed by atoms with Gasteiger partial charge in [0, 0.05) is 24.8 Å². The van der Waals surface area contributed by atoms with Crippen molar-refractivity contribution < 1.29 is 8.42 Å². The molecule has 1 atom stereocenters. The van der Waals surface area contributed by atoms with Gasteiger partial charge in [-0.05, 0) is 54.4 Å². The van der Waals surface area contributed by atoms with E-state index < -0.39 is 16.1 Å². The maximum Gasteiger partial charge on any atom is 0.242 e. The average molecular weight is 420 g/mol. The molecule has 30 heavy (non-hydrogen) atoms. The smallest absolute Gasteiger partial charge is 0.242 e. The summed E-state index contributed by atoms with van der Waals surface area (Å²) in [4.78, 5) is 8.32. The van der Waals surface area contributed by atoms with E-state index >= 15 is 0 Å². The molecule has 3 aromatic heterocycles. The molecule has 8 nitrogen and oxygen atoms in total. The van der Waals surface area contributed by atoms with Crippen LogP contribution >= 0.6 is 0 Å². The van der Waals surface area contributed by atoms with E-state index in [9.17, 15) is 8.42 Å². The number of nitrogens with zero attached hydrogens (tertiary/aromatic N) is 4. The Hall–Kier alpha value is -3.56. The second-order valence-corrected chi connectivity index (χ2v) is 8.39. The van der Waals surface area contributed by atoms with Crippen LogP contribution < -0.4 is 10.5 Å². The van der Waals surface area contributed by atoms with Crippen LogP contribution in [0, 0.1) is 0 Å².